The fourth-order valence-electron chi connectivity index (χ4n) is 5.55. The molecule has 0 spiro atoms. The van der Waals surface area contributed by atoms with Crippen molar-refractivity contribution in [2.24, 2.45) is 23.7 Å². The van der Waals surface area contributed by atoms with Crippen LogP contribution in [0.5, 0.6) is 0 Å². The number of ether oxygens (including phenoxy) is 1. The van der Waals surface area contributed by atoms with Crippen molar-refractivity contribution in [3.05, 3.63) is 23.3 Å². The Morgan fingerprint density at radius 2 is 1.89 bits per heavy atom. The fraction of sp³-hybridized carbons (Fsp3) is 0.667. The second-order valence-corrected chi connectivity index (χ2v) is 8.57. The highest BCUT2D eigenvalue weighted by Crippen LogP contribution is 2.56. The Labute approximate surface area is 164 Å². The molecule has 3 rings (SSSR count). The Morgan fingerprint density at radius 1 is 1.25 bits per heavy atom. The summed E-state index contributed by atoms with van der Waals surface area (Å²) < 4.78 is 5.41. The third-order valence-electron chi connectivity index (χ3n) is 6.78. The maximum absolute atomic E-state index is 12.7. The Hall–Kier alpha value is -1.83. The molecule has 3 aliphatic rings. The molecule has 154 valence electrons. The van der Waals surface area contributed by atoms with Gasteiger partial charge in [-0.15, -0.1) is 0 Å². The van der Waals surface area contributed by atoms with E-state index in [1.165, 1.54) is 13.8 Å². The standard InChI is InChI=1S/C21H28O7/c1-10-5-17-20(26,19(10)25)8-14(9-22)7-15-18(12(3)23)16(28-13(4)24)6-11(2)21(15,17)27/h5,7,11,15-18,22,26-27H,6,8-9H2,1-4H3/t11-,15?,16+,17-,18?,20?,21-/m1/s1. The van der Waals surface area contributed by atoms with Crippen molar-refractivity contribution < 1.29 is 34.4 Å². The summed E-state index contributed by atoms with van der Waals surface area (Å²) in [5.41, 5.74) is -2.74. The lowest BCUT2D eigenvalue weighted by Gasteiger charge is -2.53. The van der Waals surface area contributed by atoms with Crippen LogP contribution >= 0.6 is 0 Å². The summed E-state index contributed by atoms with van der Waals surface area (Å²) in [5.74, 6) is -4.29. The third kappa shape index (κ3) is 2.88. The number of aliphatic hydroxyl groups excluding tert-OH is 1. The number of esters is 1. The highest BCUT2D eigenvalue weighted by atomic mass is 16.5. The first kappa shape index (κ1) is 20.9. The zero-order chi connectivity index (χ0) is 21.0. The van der Waals surface area contributed by atoms with E-state index in [4.69, 9.17) is 4.74 Å². The summed E-state index contributed by atoms with van der Waals surface area (Å²) in [6.45, 7) is 5.59. The summed E-state index contributed by atoms with van der Waals surface area (Å²) in [5, 5.41) is 33.0. The van der Waals surface area contributed by atoms with Crippen molar-refractivity contribution in [1.82, 2.24) is 0 Å². The molecule has 0 bridgehead atoms. The van der Waals surface area contributed by atoms with E-state index >= 15 is 0 Å². The van der Waals surface area contributed by atoms with Gasteiger partial charge in [0.25, 0.3) is 0 Å². The summed E-state index contributed by atoms with van der Waals surface area (Å²) in [6, 6.07) is 0. The zero-order valence-corrected chi connectivity index (χ0v) is 16.6. The van der Waals surface area contributed by atoms with Gasteiger partial charge >= 0.3 is 5.97 Å². The first-order valence-corrected chi connectivity index (χ1v) is 9.62. The predicted molar refractivity (Wildman–Crippen MR) is 98.9 cm³/mol. The van der Waals surface area contributed by atoms with Crippen LogP contribution in [0.4, 0.5) is 0 Å². The molecule has 1 saturated carbocycles. The number of rotatable bonds is 3. The molecular formula is C21H28O7. The van der Waals surface area contributed by atoms with Gasteiger partial charge in [0.15, 0.2) is 5.78 Å². The average Bonchev–Trinajstić information content (AvgIpc) is 2.76. The number of hydrogen-bond acceptors (Lipinski definition) is 7. The maximum Gasteiger partial charge on any atom is 0.302 e. The number of fused-ring (bicyclic) bond motifs is 3. The second kappa shape index (κ2) is 6.90. The first-order chi connectivity index (χ1) is 13.0. The van der Waals surface area contributed by atoms with Gasteiger partial charge in [-0.3, -0.25) is 14.4 Å². The van der Waals surface area contributed by atoms with Gasteiger partial charge in [0, 0.05) is 25.2 Å². The third-order valence-corrected chi connectivity index (χ3v) is 6.78. The molecule has 0 aromatic heterocycles. The monoisotopic (exact) mass is 392 g/mol. The molecule has 0 amide bonds. The van der Waals surface area contributed by atoms with Crippen molar-refractivity contribution in [3.8, 4) is 0 Å². The lowest BCUT2D eigenvalue weighted by Crippen LogP contribution is -2.64. The predicted octanol–water partition coefficient (Wildman–Crippen LogP) is 0.709. The fourth-order valence-corrected chi connectivity index (χ4v) is 5.55. The first-order valence-electron chi connectivity index (χ1n) is 9.62. The topological polar surface area (TPSA) is 121 Å². The Kier molecular flexibility index (Phi) is 5.15. The van der Waals surface area contributed by atoms with E-state index in [0.29, 0.717) is 11.1 Å². The number of Topliss-reactive ketones (excluding diaryl/α,β-unsaturated/α-hetero) is 2. The normalized spacial score (nSPS) is 42.7. The molecule has 7 heteroatoms. The molecule has 3 aliphatic carbocycles. The van der Waals surface area contributed by atoms with Crippen LogP contribution in [0.25, 0.3) is 0 Å². The maximum atomic E-state index is 12.7. The molecule has 1 fully saturated rings. The minimum Gasteiger partial charge on any atom is -0.462 e. The number of aliphatic hydroxyl groups is 3. The highest BCUT2D eigenvalue weighted by molar-refractivity contribution is 6.04. The smallest absolute Gasteiger partial charge is 0.302 e. The van der Waals surface area contributed by atoms with E-state index < -0.39 is 59.3 Å². The zero-order valence-electron chi connectivity index (χ0n) is 16.6. The van der Waals surface area contributed by atoms with E-state index in [9.17, 15) is 29.7 Å². The van der Waals surface area contributed by atoms with Gasteiger partial charge in [-0.05, 0) is 37.3 Å². The van der Waals surface area contributed by atoms with Crippen LogP contribution in [0.3, 0.4) is 0 Å². The number of hydrogen-bond donors (Lipinski definition) is 3. The summed E-state index contributed by atoms with van der Waals surface area (Å²) in [4.78, 5) is 36.9. The molecule has 0 heterocycles. The van der Waals surface area contributed by atoms with Crippen molar-refractivity contribution >= 4 is 17.5 Å². The van der Waals surface area contributed by atoms with E-state index in [0.717, 1.165) is 0 Å². The second-order valence-electron chi connectivity index (χ2n) is 8.57. The quantitative estimate of drug-likeness (QED) is 0.478. The van der Waals surface area contributed by atoms with Crippen LogP contribution in [0.1, 0.15) is 40.5 Å². The van der Waals surface area contributed by atoms with Crippen molar-refractivity contribution in [2.75, 3.05) is 6.61 Å². The Bertz CT molecular complexity index is 782. The van der Waals surface area contributed by atoms with Gasteiger partial charge in [0.2, 0.25) is 0 Å². The van der Waals surface area contributed by atoms with E-state index in [-0.39, 0.29) is 18.6 Å². The van der Waals surface area contributed by atoms with Gasteiger partial charge < -0.3 is 20.1 Å². The average molecular weight is 392 g/mol. The van der Waals surface area contributed by atoms with Crippen LogP contribution in [-0.2, 0) is 19.1 Å². The van der Waals surface area contributed by atoms with Gasteiger partial charge in [0.05, 0.1) is 18.1 Å². The van der Waals surface area contributed by atoms with Gasteiger partial charge in [-0.25, -0.2) is 0 Å². The molecule has 0 radical (unpaired) electrons. The summed E-state index contributed by atoms with van der Waals surface area (Å²) in [7, 11) is 0. The van der Waals surface area contributed by atoms with E-state index in [1.807, 2.05) is 0 Å². The molecule has 3 unspecified atom stereocenters. The minimum atomic E-state index is -1.87. The largest absolute Gasteiger partial charge is 0.462 e. The van der Waals surface area contributed by atoms with Crippen molar-refractivity contribution in [2.45, 2.75) is 57.8 Å². The van der Waals surface area contributed by atoms with Crippen LogP contribution in [0, 0.1) is 23.7 Å². The number of carbonyl (C=O) groups is 3. The molecule has 28 heavy (non-hydrogen) atoms. The Balaban J connectivity index is 2.21. The molecule has 0 saturated heterocycles. The van der Waals surface area contributed by atoms with Crippen molar-refractivity contribution in [3.63, 3.8) is 0 Å². The van der Waals surface area contributed by atoms with Crippen LogP contribution in [-0.4, -0.2) is 56.8 Å². The lowest BCUT2D eigenvalue weighted by atomic mass is 9.56. The van der Waals surface area contributed by atoms with Gasteiger partial charge in [-0.1, -0.05) is 19.1 Å². The molecule has 7 atom stereocenters. The molecule has 0 aromatic carbocycles. The molecule has 7 nitrogen and oxygen atoms in total. The molecular weight excluding hydrogens is 364 g/mol. The van der Waals surface area contributed by atoms with Crippen molar-refractivity contribution in [1.29, 1.82) is 0 Å². The highest BCUT2D eigenvalue weighted by Gasteiger charge is 2.66. The molecule has 3 N–H and O–H groups in total. The van der Waals surface area contributed by atoms with Gasteiger partial charge in [-0.2, -0.15) is 0 Å². The minimum absolute atomic E-state index is 0.116. The van der Waals surface area contributed by atoms with Crippen LogP contribution in [0.15, 0.2) is 23.3 Å². The SMILES string of the molecule is CC(=O)O[C@H]1C[C@@H](C)[C@@]2(O)C(C=C(CO)CC3(O)C(=O)C(C)=C[C@H]32)C1C(C)=O. The molecule has 0 aliphatic heterocycles. The van der Waals surface area contributed by atoms with E-state index in [1.54, 1.807) is 26.0 Å². The lowest BCUT2D eigenvalue weighted by molar-refractivity contribution is -0.199. The molecule has 0 aromatic rings. The number of ketones is 2. The number of carbonyl (C=O) groups excluding carboxylic acids is 3. The summed E-state index contributed by atoms with van der Waals surface area (Å²) in [6.07, 6.45) is 2.58. The summed E-state index contributed by atoms with van der Waals surface area (Å²) >= 11 is 0. The van der Waals surface area contributed by atoms with Crippen LogP contribution in [0.2, 0.25) is 0 Å². The Morgan fingerprint density at radius 3 is 2.43 bits per heavy atom. The van der Waals surface area contributed by atoms with E-state index in [2.05, 4.69) is 0 Å². The van der Waals surface area contributed by atoms with Gasteiger partial charge in [0.1, 0.15) is 17.5 Å². The van der Waals surface area contributed by atoms with Crippen LogP contribution < -0.4 is 0 Å².